The summed E-state index contributed by atoms with van der Waals surface area (Å²) in [6, 6.07) is 6.16. The highest BCUT2D eigenvalue weighted by molar-refractivity contribution is 5.39. The Balaban J connectivity index is 2.92. The first kappa shape index (κ1) is 11.8. The molecule has 81 valence electrons. The molecule has 0 N–H and O–H groups in total. The largest absolute Gasteiger partial charge is 0.491 e. The molecule has 0 aromatic heterocycles. The van der Waals surface area contributed by atoms with Crippen molar-refractivity contribution in [2.45, 2.75) is 32.8 Å². The van der Waals surface area contributed by atoms with E-state index in [1.165, 1.54) is 5.56 Å². The van der Waals surface area contributed by atoms with Crippen molar-refractivity contribution in [2.75, 3.05) is 0 Å². The van der Waals surface area contributed by atoms with E-state index in [2.05, 4.69) is 26.5 Å². The van der Waals surface area contributed by atoms with Crippen molar-refractivity contribution >= 4 is 0 Å². The van der Waals surface area contributed by atoms with E-state index < -0.39 is 0 Å². The molecule has 0 amide bonds. The molecular weight excluding hydrogens is 184 g/mol. The lowest BCUT2D eigenvalue weighted by molar-refractivity contribution is 0.240. The standard InChI is InChI=1S/C14H19O/c1-6-11(4)13-7-8-14(12(5)9-13)15-10(2)3/h6-11H,1,4H2,2-3,5H3. The highest BCUT2D eigenvalue weighted by Crippen LogP contribution is 2.24. The zero-order valence-electron chi connectivity index (χ0n) is 9.79. The topological polar surface area (TPSA) is 9.23 Å². The third kappa shape index (κ3) is 3.12. The van der Waals surface area contributed by atoms with E-state index >= 15 is 0 Å². The predicted octanol–water partition coefficient (Wildman–Crippen LogP) is 3.89. The lowest BCUT2D eigenvalue weighted by Crippen LogP contribution is -2.06. The number of benzene rings is 1. The van der Waals surface area contributed by atoms with Gasteiger partial charge in [0.2, 0.25) is 0 Å². The van der Waals surface area contributed by atoms with Crippen molar-refractivity contribution in [1.82, 2.24) is 0 Å². The van der Waals surface area contributed by atoms with Crippen LogP contribution in [0.25, 0.3) is 0 Å². The minimum absolute atomic E-state index is 0.150. The number of hydrogen-bond donors (Lipinski definition) is 0. The van der Waals surface area contributed by atoms with Crippen LogP contribution in [0, 0.1) is 13.8 Å². The van der Waals surface area contributed by atoms with Gasteiger partial charge < -0.3 is 4.74 Å². The van der Waals surface area contributed by atoms with Crippen LogP contribution in [-0.4, -0.2) is 6.10 Å². The SMILES string of the molecule is [CH2]C(C=C)c1ccc(OC(C)C)c(C)c1. The van der Waals surface area contributed by atoms with Crippen LogP contribution in [0.5, 0.6) is 5.75 Å². The van der Waals surface area contributed by atoms with Crippen LogP contribution in [0.4, 0.5) is 0 Å². The monoisotopic (exact) mass is 203 g/mol. The molecular formula is C14H19O. The highest BCUT2D eigenvalue weighted by Gasteiger charge is 2.06. The maximum atomic E-state index is 5.67. The summed E-state index contributed by atoms with van der Waals surface area (Å²) in [5.41, 5.74) is 2.33. The Morgan fingerprint density at radius 3 is 2.47 bits per heavy atom. The minimum Gasteiger partial charge on any atom is -0.491 e. The molecule has 15 heavy (non-hydrogen) atoms. The Bertz CT molecular complexity index is 339. The number of ether oxygens (including phenoxy) is 1. The lowest BCUT2D eigenvalue weighted by Gasteiger charge is -2.14. The Labute approximate surface area is 92.8 Å². The zero-order valence-corrected chi connectivity index (χ0v) is 9.79. The van der Waals surface area contributed by atoms with Gasteiger partial charge in [0.05, 0.1) is 6.10 Å². The summed E-state index contributed by atoms with van der Waals surface area (Å²) in [4.78, 5) is 0. The molecule has 1 radical (unpaired) electrons. The van der Waals surface area contributed by atoms with E-state index in [4.69, 9.17) is 4.74 Å². The number of rotatable bonds is 4. The molecule has 1 atom stereocenters. The summed E-state index contributed by atoms with van der Waals surface area (Å²) < 4.78 is 5.67. The van der Waals surface area contributed by atoms with Crippen LogP contribution in [-0.2, 0) is 0 Å². The van der Waals surface area contributed by atoms with Gasteiger partial charge in [-0.2, -0.15) is 0 Å². The number of allylic oxidation sites excluding steroid dienone is 1. The van der Waals surface area contributed by atoms with E-state index in [1.807, 2.05) is 32.1 Å². The van der Waals surface area contributed by atoms with E-state index in [9.17, 15) is 0 Å². The molecule has 0 fully saturated rings. The maximum Gasteiger partial charge on any atom is 0.122 e. The van der Waals surface area contributed by atoms with Gasteiger partial charge in [-0.15, -0.1) is 6.58 Å². The quantitative estimate of drug-likeness (QED) is 0.675. The normalized spacial score (nSPS) is 12.6. The average molecular weight is 203 g/mol. The van der Waals surface area contributed by atoms with E-state index in [0.717, 1.165) is 11.3 Å². The van der Waals surface area contributed by atoms with Crippen LogP contribution < -0.4 is 4.74 Å². The Hall–Kier alpha value is -1.24. The first-order valence-electron chi connectivity index (χ1n) is 5.27. The van der Waals surface area contributed by atoms with Crippen LogP contribution >= 0.6 is 0 Å². The van der Waals surface area contributed by atoms with E-state index in [-0.39, 0.29) is 12.0 Å². The van der Waals surface area contributed by atoms with Gasteiger partial charge >= 0.3 is 0 Å². The third-order valence-electron chi connectivity index (χ3n) is 2.27. The van der Waals surface area contributed by atoms with E-state index in [1.54, 1.807) is 0 Å². The molecule has 0 aliphatic heterocycles. The van der Waals surface area contributed by atoms with Crippen molar-refractivity contribution in [2.24, 2.45) is 0 Å². The van der Waals surface area contributed by atoms with Crippen molar-refractivity contribution in [3.8, 4) is 5.75 Å². The second kappa shape index (κ2) is 5.01. The van der Waals surface area contributed by atoms with Gasteiger partial charge in [0.1, 0.15) is 5.75 Å². The van der Waals surface area contributed by atoms with Crippen LogP contribution in [0.3, 0.4) is 0 Å². The molecule has 1 unspecified atom stereocenters. The van der Waals surface area contributed by atoms with Crippen molar-refractivity contribution in [1.29, 1.82) is 0 Å². The first-order chi connectivity index (χ1) is 7.04. The summed E-state index contributed by atoms with van der Waals surface area (Å²) in [5, 5.41) is 0. The third-order valence-corrected chi connectivity index (χ3v) is 2.27. The Morgan fingerprint density at radius 1 is 1.33 bits per heavy atom. The molecule has 1 aromatic rings. The van der Waals surface area contributed by atoms with Crippen molar-refractivity contribution in [3.05, 3.63) is 48.9 Å². The second-order valence-electron chi connectivity index (χ2n) is 4.03. The molecule has 0 saturated heterocycles. The Kier molecular flexibility index (Phi) is 3.96. The fourth-order valence-corrected chi connectivity index (χ4v) is 1.43. The summed E-state index contributed by atoms with van der Waals surface area (Å²) in [5.74, 6) is 1.10. The van der Waals surface area contributed by atoms with Gasteiger partial charge in [-0.25, -0.2) is 0 Å². The molecule has 0 aliphatic carbocycles. The number of hydrogen-bond acceptors (Lipinski definition) is 1. The molecule has 1 heteroatoms. The average Bonchev–Trinajstić information content (AvgIpc) is 2.19. The van der Waals surface area contributed by atoms with Gasteiger partial charge in [0.25, 0.3) is 0 Å². The summed E-state index contributed by atoms with van der Waals surface area (Å²) in [6.45, 7) is 13.9. The molecule has 0 heterocycles. The van der Waals surface area contributed by atoms with Crippen LogP contribution in [0.2, 0.25) is 0 Å². The van der Waals surface area contributed by atoms with Crippen molar-refractivity contribution < 1.29 is 4.74 Å². The maximum absolute atomic E-state index is 5.67. The van der Waals surface area contributed by atoms with Gasteiger partial charge in [0, 0.05) is 5.92 Å². The fourth-order valence-electron chi connectivity index (χ4n) is 1.43. The van der Waals surface area contributed by atoms with Crippen molar-refractivity contribution in [3.63, 3.8) is 0 Å². The highest BCUT2D eigenvalue weighted by atomic mass is 16.5. The molecule has 0 aliphatic rings. The van der Waals surface area contributed by atoms with Gasteiger partial charge in [0.15, 0.2) is 0 Å². The first-order valence-corrected chi connectivity index (χ1v) is 5.27. The summed E-state index contributed by atoms with van der Waals surface area (Å²) in [6.07, 6.45) is 2.06. The predicted molar refractivity (Wildman–Crippen MR) is 65.2 cm³/mol. The zero-order chi connectivity index (χ0) is 11.4. The molecule has 0 spiro atoms. The fraction of sp³-hybridized carbons (Fsp3) is 0.357. The van der Waals surface area contributed by atoms with E-state index in [0.29, 0.717) is 0 Å². The smallest absolute Gasteiger partial charge is 0.122 e. The molecule has 1 aromatic carbocycles. The van der Waals surface area contributed by atoms with Gasteiger partial charge in [-0.05, 0) is 44.9 Å². The van der Waals surface area contributed by atoms with Gasteiger partial charge in [-0.1, -0.05) is 18.2 Å². The van der Waals surface area contributed by atoms with Crippen LogP contribution in [0.1, 0.15) is 30.9 Å². The lowest BCUT2D eigenvalue weighted by atomic mass is 9.99. The molecule has 1 rings (SSSR count). The minimum atomic E-state index is 0.150. The van der Waals surface area contributed by atoms with Gasteiger partial charge in [-0.3, -0.25) is 0 Å². The second-order valence-corrected chi connectivity index (χ2v) is 4.03. The summed E-state index contributed by atoms with van der Waals surface area (Å²) >= 11 is 0. The summed E-state index contributed by atoms with van der Waals surface area (Å²) in [7, 11) is 0. The number of aryl methyl sites for hydroxylation is 1. The molecule has 0 saturated carbocycles. The molecule has 1 nitrogen and oxygen atoms in total. The molecule has 0 bridgehead atoms. The Morgan fingerprint density at radius 2 is 2.00 bits per heavy atom. The van der Waals surface area contributed by atoms with Crippen LogP contribution in [0.15, 0.2) is 30.9 Å².